The fourth-order valence-electron chi connectivity index (χ4n) is 3.50. The molecule has 0 spiro atoms. The largest absolute Gasteiger partial charge is 0.467 e. The number of amides is 1. The van der Waals surface area contributed by atoms with Gasteiger partial charge in [0.05, 0.1) is 7.11 Å². The quantitative estimate of drug-likeness (QED) is 0.567. The summed E-state index contributed by atoms with van der Waals surface area (Å²) in [6, 6.07) is 17.8. The Morgan fingerprint density at radius 2 is 1.62 bits per heavy atom. The molecule has 4 nitrogen and oxygen atoms in total. The summed E-state index contributed by atoms with van der Waals surface area (Å²) in [6.45, 7) is 0. The van der Waals surface area contributed by atoms with Gasteiger partial charge in [-0.3, -0.25) is 4.79 Å². The maximum atomic E-state index is 12.3. The van der Waals surface area contributed by atoms with E-state index in [1.54, 1.807) is 0 Å². The van der Waals surface area contributed by atoms with Gasteiger partial charge in [-0.25, -0.2) is 4.79 Å². The second-order valence-corrected chi connectivity index (χ2v) is 6.86. The molecule has 3 aromatic carbocycles. The molecule has 1 N–H and O–H groups in total. The summed E-state index contributed by atoms with van der Waals surface area (Å²) in [5.41, 5.74) is 1.06. The Labute approximate surface area is 152 Å². The van der Waals surface area contributed by atoms with E-state index in [4.69, 9.17) is 4.74 Å². The number of fused-ring (bicyclic) bond motifs is 2. The third-order valence-electron chi connectivity index (χ3n) is 5.04. The predicted molar refractivity (Wildman–Crippen MR) is 102 cm³/mol. The summed E-state index contributed by atoms with van der Waals surface area (Å²) in [5.74, 6) is -0.410. The summed E-state index contributed by atoms with van der Waals surface area (Å²) < 4.78 is 4.96. The van der Waals surface area contributed by atoms with E-state index in [9.17, 15) is 9.59 Å². The lowest BCUT2D eigenvalue weighted by molar-refractivity contribution is -0.145. The number of methoxy groups -OCH3 is 1. The zero-order valence-electron chi connectivity index (χ0n) is 14.7. The Kier molecular flexibility index (Phi) is 4.33. The minimum Gasteiger partial charge on any atom is -0.467 e. The van der Waals surface area contributed by atoms with Gasteiger partial charge in [0.25, 0.3) is 0 Å². The third kappa shape index (κ3) is 3.15. The van der Waals surface area contributed by atoms with Crippen molar-refractivity contribution in [2.45, 2.75) is 25.3 Å². The third-order valence-corrected chi connectivity index (χ3v) is 5.04. The highest BCUT2D eigenvalue weighted by atomic mass is 16.5. The molecule has 1 saturated carbocycles. The topological polar surface area (TPSA) is 55.4 Å². The fraction of sp³-hybridized carbons (Fsp3) is 0.273. The van der Waals surface area contributed by atoms with Crippen molar-refractivity contribution in [1.29, 1.82) is 0 Å². The SMILES string of the molecule is COC(=O)[C@H](Cc1c2ccccc2cc2ccccc12)NC(=O)C1CC1. The Balaban J connectivity index is 1.79. The summed E-state index contributed by atoms with van der Waals surface area (Å²) in [5, 5.41) is 7.34. The molecule has 1 aliphatic rings. The smallest absolute Gasteiger partial charge is 0.328 e. The van der Waals surface area contributed by atoms with Gasteiger partial charge < -0.3 is 10.1 Å². The highest BCUT2D eigenvalue weighted by molar-refractivity contribution is 6.02. The Morgan fingerprint density at radius 3 is 2.15 bits per heavy atom. The van der Waals surface area contributed by atoms with Crippen LogP contribution in [0.4, 0.5) is 0 Å². The van der Waals surface area contributed by atoms with Crippen LogP contribution >= 0.6 is 0 Å². The maximum absolute atomic E-state index is 12.3. The number of esters is 1. The van der Waals surface area contributed by atoms with Gasteiger partial charge in [-0.05, 0) is 46.0 Å². The van der Waals surface area contributed by atoms with Crippen LogP contribution in [-0.2, 0) is 20.7 Å². The number of carbonyl (C=O) groups excluding carboxylic acids is 2. The van der Waals surface area contributed by atoms with E-state index < -0.39 is 12.0 Å². The van der Waals surface area contributed by atoms with Gasteiger partial charge in [0.2, 0.25) is 5.91 Å². The number of ether oxygens (including phenoxy) is 1. The summed E-state index contributed by atoms with van der Waals surface area (Å²) in [7, 11) is 1.36. The van der Waals surface area contributed by atoms with E-state index in [0.29, 0.717) is 6.42 Å². The standard InChI is InChI=1S/C22H21NO3/c1-26-22(25)20(23-21(24)14-10-11-14)13-19-17-8-4-2-6-15(17)12-16-7-3-5-9-18(16)19/h2-9,12,14,20H,10-11,13H2,1H3,(H,23,24)/t20-/m0/s1. The molecule has 0 bridgehead atoms. The molecule has 132 valence electrons. The Bertz CT molecular complexity index is 937. The van der Waals surface area contributed by atoms with Crippen molar-refractivity contribution in [3.8, 4) is 0 Å². The summed E-state index contributed by atoms with van der Waals surface area (Å²) in [4.78, 5) is 24.6. The molecule has 1 aliphatic carbocycles. The van der Waals surface area contributed by atoms with Crippen molar-refractivity contribution in [1.82, 2.24) is 5.32 Å². The van der Waals surface area contributed by atoms with Crippen LogP contribution in [0, 0.1) is 5.92 Å². The van der Waals surface area contributed by atoms with Gasteiger partial charge in [0.1, 0.15) is 6.04 Å². The van der Waals surface area contributed by atoms with E-state index in [2.05, 4.69) is 35.6 Å². The van der Waals surface area contributed by atoms with Crippen molar-refractivity contribution in [3.63, 3.8) is 0 Å². The van der Waals surface area contributed by atoms with Crippen molar-refractivity contribution < 1.29 is 14.3 Å². The van der Waals surface area contributed by atoms with E-state index in [1.165, 1.54) is 7.11 Å². The minimum atomic E-state index is -0.678. The first-order valence-electron chi connectivity index (χ1n) is 8.95. The monoisotopic (exact) mass is 347 g/mol. The van der Waals surface area contributed by atoms with Gasteiger partial charge in [-0.15, -0.1) is 0 Å². The van der Waals surface area contributed by atoms with Crippen LogP contribution in [0.25, 0.3) is 21.5 Å². The van der Waals surface area contributed by atoms with Crippen molar-refractivity contribution in [2.24, 2.45) is 5.92 Å². The van der Waals surface area contributed by atoms with E-state index >= 15 is 0 Å². The molecule has 0 unspecified atom stereocenters. The predicted octanol–water partition coefficient (Wildman–Crippen LogP) is 3.60. The van der Waals surface area contributed by atoms with Crippen LogP contribution in [0.1, 0.15) is 18.4 Å². The molecule has 1 amide bonds. The molecule has 1 fully saturated rings. The van der Waals surface area contributed by atoms with Gasteiger partial charge in [-0.2, -0.15) is 0 Å². The highest BCUT2D eigenvalue weighted by Crippen LogP contribution is 2.31. The number of nitrogens with one attached hydrogen (secondary N) is 1. The molecule has 0 aliphatic heterocycles. The normalized spacial score (nSPS) is 15.0. The van der Waals surface area contributed by atoms with Crippen LogP contribution < -0.4 is 5.32 Å². The van der Waals surface area contributed by atoms with Crippen LogP contribution in [-0.4, -0.2) is 25.0 Å². The first kappa shape index (κ1) is 16.6. The van der Waals surface area contributed by atoms with Gasteiger partial charge >= 0.3 is 5.97 Å². The molecule has 3 aromatic rings. The van der Waals surface area contributed by atoms with Gasteiger partial charge in [0, 0.05) is 12.3 Å². The van der Waals surface area contributed by atoms with E-state index in [0.717, 1.165) is 39.9 Å². The van der Waals surface area contributed by atoms with E-state index in [-0.39, 0.29) is 11.8 Å². The lowest BCUT2D eigenvalue weighted by Gasteiger charge is -2.19. The average molecular weight is 347 g/mol. The van der Waals surface area contributed by atoms with Crippen molar-refractivity contribution in [2.75, 3.05) is 7.11 Å². The van der Waals surface area contributed by atoms with Crippen molar-refractivity contribution >= 4 is 33.4 Å². The Morgan fingerprint density at radius 1 is 1.04 bits per heavy atom. The number of rotatable bonds is 5. The average Bonchev–Trinajstić information content (AvgIpc) is 3.51. The first-order chi connectivity index (χ1) is 12.7. The number of carbonyl (C=O) groups is 2. The zero-order chi connectivity index (χ0) is 18.1. The molecule has 26 heavy (non-hydrogen) atoms. The molecule has 0 heterocycles. The first-order valence-corrected chi connectivity index (χ1v) is 8.95. The zero-order valence-corrected chi connectivity index (χ0v) is 14.7. The molecular weight excluding hydrogens is 326 g/mol. The van der Waals surface area contributed by atoms with Crippen molar-refractivity contribution in [3.05, 3.63) is 60.2 Å². The van der Waals surface area contributed by atoms with Gasteiger partial charge in [0.15, 0.2) is 0 Å². The molecule has 0 aromatic heterocycles. The minimum absolute atomic E-state index is 0.0476. The number of hydrogen-bond donors (Lipinski definition) is 1. The Hall–Kier alpha value is -2.88. The molecule has 1 atom stereocenters. The molecule has 0 saturated heterocycles. The van der Waals surface area contributed by atoms with Crippen LogP contribution in [0.2, 0.25) is 0 Å². The second-order valence-electron chi connectivity index (χ2n) is 6.86. The molecule has 0 radical (unpaired) electrons. The number of hydrogen-bond acceptors (Lipinski definition) is 3. The van der Waals surface area contributed by atoms with E-state index in [1.807, 2.05) is 24.3 Å². The fourth-order valence-corrected chi connectivity index (χ4v) is 3.50. The summed E-state index contributed by atoms with van der Waals surface area (Å²) in [6.07, 6.45) is 2.21. The lowest BCUT2D eigenvalue weighted by atomic mass is 9.92. The molecular formula is C22H21NO3. The highest BCUT2D eigenvalue weighted by Gasteiger charge is 2.33. The molecule has 4 rings (SSSR count). The lowest BCUT2D eigenvalue weighted by Crippen LogP contribution is -2.43. The van der Waals surface area contributed by atoms with Crippen LogP contribution in [0.5, 0.6) is 0 Å². The van der Waals surface area contributed by atoms with Crippen LogP contribution in [0.3, 0.4) is 0 Å². The van der Waals surface area contributed by atoms with Gasteiger partial charge in [-0.1, -0.05) is 48.5 Å². The number of benzene rings is 3. The maximum Gasteiger partial charge on any atom is 0.328 e. The second kappa shape index (κ2) is 6.79. The molecule has 4 heteroatoms. The van der Waals surface area contributed by atoms with Crippen LogP contribution in [0.15, 0.2) is 54.6 Å². The summed E-state index contributed by atoms with van der Waals surface area (Å²) >= 11 is 0.